The molecular formula is C18H30N4O2. The van der Waals surface area contributed by atoms with Crippen LogP contribution < -0.4 is 5.32 Å². The Morgan fingerprint density at radius 3 is 2.88 bits per heavy atom. The van der Waals surface area contributed by atoms with Gasteiger partial charge in [0, 0.05) is 31.0 Å². The number of hydrogen-bond donors (Lipinski definition) is 2. The highest BCUT2D eigenvalue weighted by Gasteiger charge is 2.33. The predicted molar refractivity (Wildman–Crippen MR) is 93.0 cm³/mol. The van der Waals surface area contributed by atoms with Gasteiger partial charge in [0.25, 0.3) is 0 Å². The van der Waals surface area contributed by atoms with Gasteiger partial charge in [0.1, 0.15) is 0 Å². The highest BCUT2D eigenvalue weighted by molar-refractivity contribution is 5.75. The highest BCUT2D eigenvalue weighted by Crippen LogP contribution is 2.33. The third-order valence-electron chi connectivity index (χ3n) is 5.45. The van der Waals surface area contributed by atoms with Gasteiger partial charge in [0.15, 0.2) is 0 Å². The van der Waals surface area contributed by atoms with Crippen LogP contribution in [0.1, 0.15) is 68.4 Å². The average molecular weight is 334 g/mol. The van der Waals surface area contributed by atoms with E-state index >= 15 is 0 Å². The van der Waals surface area contributed by atoms with Crippen LogP contribution in [-0.4, -0.2) is 46.4 Å². The van der Waals surface area contributed by atoms with Crippen molar-refractivity contribution >= 4 is 6.03 Å². The van der Waals surface area contributed by atoms with Crippen molar-refractivity contribution in [2.45, 2.75) is 70.9 Å². The number of aromatic nitrogens is 2. The lowest BCUT2D eigenvalue weighted by atomic mass is 9.99. The van der Waals surface area contributed by atoms with Crippen LogP contribution in [0.3, 0.4) is 0 Å². The molecule has 24 heavy (non-hydrogen) atoms. The van der Waals surface area contributed by atoms with E-state index in [9.17, 15) is 4.79 Å². The number of rotatable bonds is 3. The van der Waals surface area contributed by atoms with Gasteiger partial charge in [-0.15, -0.1) is 0 Å². The molecule has 0 bridgehead atoms. The summed E-state index contributed by atoms with van der Waals surface area (Å²) in [6, 6.07) is 0.141. The van der Waals surface area contributed by atoms with Gasteiger partial charge in [-0.3, -0.25) is 5.10 Å². The molecule has 0 unspecified atom stereocenters. The molecule has 0 aliphatic carbocycles. The van der Waals surface area contributed by atoms with Gasteiger partial charge in [-0.1, -0.05) is 12.8 Å². The summed E-state index contributed by atoms with van der Waals surface area (Å²) in [4.78, 5) is 14.9. The fraction of sp³-hybridized carbons (Fsp3) is 0.778. The third-order valence-corrected chi connectivity index (χ3v) is 5.45. The molecule has 2 atom stereocenters. The number of nitrogens with zero attached hydrogens (tertiary/aromatic N) is 2. The van der Waals surface area contributed by atoms with E-state index in [1.54, 1.807) is 0 Å². The maximum Gasteiger partial charge on any atom is 0.318 e. The van der Waals surface area contributed by atoms with Gasteiger partial charge < -0.3 is 15.0 Å². The zero-order valence-corrected chi connectivity index (χ0v) is 15.2. The summed E-state index contributed by atoms with van der Waals surface area (Å²) in [6.07, 6.45) is 6.48. The minimum atomic E-state index is -0.210. The number of likely N-dealkylation sites (tertiary alicyclic amines) is 1. The van der Waals surface area contributed by atoms with E-state index in [1.807, 2.05) is 18.7 Å². The fourth-order valence-electron chi connectivity index (χ4n) is 4.04. The van der Waals surface area contributed by atoms with Crippen molar-refractivity contribution in [1.82, 2.24) is 20.4 Å². The molecule has 134 valence electrons. The summed E-state index contributed by atoms with van der Waals surface area (Å²) in [5.41, 5.74) is 3.06. The van der Waals surface area contributed by atoms with Crippen LogP contribution in [0, 0.1) is 13.8 Å². The summed E-state index contributed by atoms with van der Waals surface area (Å²) in [5, 5.41) is 10.5. The predicted octanol–water partition coefficient (Wildman–Crippen LogP) is 3.22. The van der Waals surface area contributed by atoms with Gasteiger partial charge in [0.05, 0.1) is 17.3 Å². The number of aromatic amines is 1. The van der Waals surface area contributed by atoms with E-state index in [4.69, 9.17) is 4.74 Å². The second-order valence-corrected chi connectivity index (χ2v) is 7.47. The molecule has 0 aromatic carbocycles. The molecule has 2 fully saturated rings. The first-order valence-electron chi connectivity index (χ1n) is 9.20. The quantitative estimate of drug-likeness (QED) is 0.891. The Hall–Kier alpha value is -1.56. The number of nitrogens with one attached hydrogen (secondary N) is 2. The topological polar surface area (TPSA) is 70.2 Å². The van der Waals surface area contributed by atoms with Gasteiger partial charge in [-0.05, 0) is 46.5 Å². The Balaban J connectivity index is 1.73. The summed E-state index contributed by atoms with van der Waals surface area (Å²) in [5.74, 6) is 0. The minimum Gasteiger partial charge on any atom is -0.373 e. The van der Waals surface area contributed by atoms with Gasteiger partial charge in [-0.25, -0.2) is 4.79 Å². The van der Waals surface area contributed by atoms with Crippen LogP contribution in [0.5, 0.6) is 0 Å². The van der Waals surface area contributed by atoms with Crippen LogP contribution >= 0.6 is 0 Å². The number of aryl methyl sites for hydroxylation is 2. The van der Waals surface area contributed by atoms with Crippen molar-refractivity contribution in [3.05, 3.63) is 17.0 Å². The molecular weight excluding hydrogens is 304 g/mol. The van der Waals surface area contributed by atoms with E-state index in [1.165, 1.54) is 12.0 Å². The first-order chi connectivity index (χ1) is 11.5. The van der Waals surface area contributed by atoms with Crippen LogP contribution in [0.2, 0.25) is 0 Å². The molecule has 0 saturated carbocycles. The molecule has 2 amide bonds. The Morgan fingerprint density at radius 2 is 2.21 bits per heavy atom. The molecule has 2 saturated heterocycles. The van der Waals surface area contributed by atoms with Crippen LogP contribution in [0.15, 0.2) is 0 Å². The Labute approximate surface area is 144 Å². The van der Waals surface area contributed by atoms with Gasteiger partial charge >= 0.3 is 6.03 Å². The first kappa shape index (κ1) is 17.3. The molecule has 6 nitrogen and oxygen atoms in total. The van der Waals surface area contributed by atoms with E-state index < -0.39 is 0 Å². The summed E-state index contributed by atoms with van der Waals surface area (Å²) >= 11 is 0. The van der Waals surface area contributed by atoms with Gasteiger partial charge in [-0.2, -0.15) is 5.10 Å². The van der Waals surface area contributed by atoms with Gasteiger partial charge in [0.2, 0.25) is 0 Å². The lowest BCUT2D eigenvalue weighted by molar-refractivity contribution is 0.0214. The molecule has 1 aromatic heterocycles. The van der Waals surface area contributed by atoms with Crippen molar-refractivity contribution in [3.8, 4) is 0 Å². The number of ether oxygens (including phenoxy) is 1. The third kappa shape index (κ3) is 3.58. The fourth-order valence-corrected chi connectivity index (χ4v) is 4.04. The molecule has 0 radical (unpaired) electrons. The number of urea groups is 1. The average Bonchev–Trinajstić information content (AvgIpc) is 3.03. The van der Waals surface area contributed by atoms with Crippen molar-refractivity contribution in [1.29, 1.82) is 0 Å². The SMILES string of the molecule is Cc1n[nH]c(C)c1[C@H]1CCCCCN1C(=O)NC[C@]1(C)CCCO1. The first-order valence-corrected chi connectivity index (χ1v) is 9.20. The summed E-state index contributed by atoms with van der Waals surface area (Å²) in [6.45, 7) is 8.34. The number of carbonyl (C=O) groups is 1. The van der Waals surface area contributed by atoms with Crippen LogP contribution in [-0.2, 0) is 4.74 Å². The number of amides is 2. The molecule has 2 aliphatic rings. The second-order valence-electron chi connectivity index (χ2n) is 7.47. The van der Waals surface area contributed by atoms with Crippen molar-refractivity contribution in [2.75, 3.05) is 19.7 Å². The molecule has 0 spiro atoms. The zero-order chi connectivity index (χ0) is 17.2. The van der Waals surface area contributed by atoms with E-state index in [-0.39, 0.29) is 17.7 Å². The lowest BCUT2D eigenvalue weighted by Crippen LogP contribution is -2.47. The smallest absolute Gasteiger partial charge is 0.318 e. The molecule has 3 heterocycles. The summed E-state index contributed by atoms with van der Waals surface area (Å²) in [7, 11) is 0. The van der Waals surface area contributed by atoms with Crippen molar-refractivity contribution in [3.63, 3.8) is 0 Å². The normalized spacial score (nSPS) is 28.0. The molecule has 2 aliphatic heterocycles. The standard InChI is InChI=1S/C18H30N4O2/c1-13-16(14(2)21-20-13)15-8-5-4-6-10-22(15)17(23)19-12-18(3)9-7-11-24-18/h15H,4-12H2,1-3H3,(H,19,23)(H,20,21)/t15-,18+/m1/s1. The lowest BCUT2D eigenvalue weighted by Gasteiger charge is -2.32. The highest BCUT2D eigenvalue weighted by atomic mass is 16.5. The van der Waals surface area contributed by atoms with E-state index in [0.29, 0.717) is 6.54 Å². The summed E-state index contributed by atoms with van der Waals surface area (Å²) < 4.78 is 5.79. The van der Waals surface area contributed by atoms with Crippen LogP contribution in [0.4, 0.5) is 4.79 Å². The van der Waals surface area contributed by atoms with Crippen LogP contribution in [0.25, 0.3) is 0 Å². The Bertz CT molecular complexity index is 558. The maximum atomic E-state index is 12.9. The molecule has 1 aromatic rings. The Morgan fingerprint density at radius 1 is 1.38 bits per heavy atom. The number of H-pyrrole nitrogens is 1. The number of hydrogen-bond acceptors (Lipinski definition) is 3. The van der Waals surface area contributed by atoms with Crippen molar-refractivity contribution in [2.24, 2.45) is 0 Å². The monoisotopic (exact) mass is 334 g/mol. The van der Waals surface area contributed by atoms with Crippen molar-refractivity contribution < 1.29 is 9.53 Å². The molecule has 3 rings (SSSR count). The largest absolute Gasteiger partial charge is 0.373 e. The van der Waals surface area contributed by atoms with E-state index in [2.05, 4.69) is 22.4 Å². The molecule has 6 heteroatoms. The van der Waals surface area contributed by atoms with E-state index in [0.717, 1.165) is 56.6 Å². The second kappa shape index (κ2) is 7.13. The zero-order valence-electron chi connectivity index (χ0n) is 15.2. The Kier molecular flexibility index (Phi) is 5.13. The number of carbonyl (C=O) groups excluding carboxylic acids is 1. The maximum absolute atomic E-state index is 12.9. The molecule has 2 N–H and O–H groups in total. The minimum absolute atomic E-state index is 0.0265.